The van der Waals surface area contributed by atoms with Gasteiger partial charge in [-0.05, 0) is 24.3 Å². The number of rotatable bonds is 5. The molecule has 0 bridgehead atoms. The van der Waals surface area contributed by atoms with Gasteiger partial charge in [-0.15, -0.1) is 0 Å². The molecule has 0 saturated carbocycles. The van der Waals surface area contributed by atoms with Gasteiger partial charge in [0.2, 0.25) is 0 Å². The first kappa shape index (κ1) is 14.3. The number of benzene rings is 1. The smallest absolute Gasteiger partial charge is 0.341 e. The number of carboxylic acids is 1. The number of hydrogen-bond donors (Lipinski definition) is 3. The zero-order chi connectivity index (χ0) is 15.1. The lowest BCUT2D eigenvalue weighted by Crippen LogP contribution is -2.19. The monoisotopic (exact) mass is 288 g/mol. The highest BCUT2D eigenvalue weighted by Crippen LogP contribution is 2.15. The van der Waals surface area contributed by atoms with E-state index in [9.17, 15) is 9.59 Å². The quantitative estimate of drug-likeness (QED) is 0.769. The Hall–Kier alpha value is -3.16. The first-order chi connectivity index (χ1) is 10.1. The van der Waals surface area contributed by atoms with Crippen LogP contribution in [0.1, 0.15) is 0 Å². The van der Waals surface area contributed by atoms with Crippen LogP contribution in [-0.2, 0) is 4.79 Å². The standard InChI is InChI=1S/C13H12N4O4/c18-12(19)7-21-11-3-1-9(2-4-11)16-13(20)17-10-5-14-8-15-6-10/h1-6,8H,7H2,(H,18,19)(H2,16,17,20). The lowest BCUT2D eigenvalue weighted by Gasteiger charge is -2.08. The van der Waals surface area contributed by atoms with Crippen molar-refractivity contribution in [3.05, 3.63) is 43.0 Å². The average molecular weight is 288 g/mol. The van der Waals surface area contributed by atoms with E-state index in [-0.39, 0.29) is 0 Å². The third-order valence-electron chi connectivity index (χ3n) is 2.29. The molecule has 1 heterocycles. The largest absolute Gasteiger partial charge is 0.482 e. The number of nitrogens with zero attached hydrogens (tertiary/aromatic N) is 2. The summed E-state index contributed by atoms with van der Waals surface area (Å²) >= 11 is 0. The minimum absolute atomic E-state index is 0.403. The number of aromatic nitrogens is 2. The summed E-state index contributed by atoms with van der Waals surface area (Å²) in [5.74, 6) is -0.651. The van der Waals surface area contributed by atoms with Crippen LogP contribution in [0.25, 0.3) is 0 Å². The van der Waals surface area contributed by atoms with Crippen LogP contribution >= 0.6 is 0 Å². The minimum Gasteiger partial charge on any atom is -0.482 e. The van der Waals surface area contributed by atoms with Gasteiger partial charge in [0.05, 0.1) is 18.1 Å². The van der Waals surface area contributed by atoms with Crippen molar-refractivity contribution < 1.29 is 19.4 Å². The van der Waals surface area contributed by atoms with Crippen LogP contribution in [0.4, 0.5) is 16.2 Å². The second kappa shape index (κ2) is 6.85. The lowest BCUT2D eigenvalue weighted by atomic mass is 10.3. The highest BCUT2D eigenvalue weighted by Gasteiger charge is 2.04. The number of ether oxygens (including phenoxy) is 1. The van der Waals surface area contributed by atoms with E-state index in [0.29, 0.717) is 17.1 Å². The first-order valence-corrected chi connectivity index (χ1v) is 5.91. The molecule has 0 saturated heterocycles. The molecule has 2 amide bonds. The molecule has 0 unspecified atom stereocenters. The third-order valence-corrected chi connectivity index (χ3v) is 2.29. The van der Waals surface area contributed by atoms with E-state index in [0.717, 1.165) is 0 Å². The van der Waals surface area contributed by atoms with Gasteiger partial charge >= 0.3 is 12.0 Å². The van der Waals surface area contributed by atoms with E-state index in [1.54, 1.807) is 24.3 Å². The molecule has 108 valence electrons. The Morgan fingerprint density at radius 2 is 1.67 bits per heavy atom. The predicted octanol–water partition coefficient (Wildman–Crippen LogP) is 1.58. The molecule has 8 nitrogen and oxygen atoms in total. The maximum atomic E-state index is 11.7. The topological polar surface area (TPSA) is 113 Å². The van der Waals surface area contributed by atoms with E-state index in [2.05, 4.69) is 20.6 Å². The summed E-state index contributed by atoms with van der Waals surface area (Å²) in [6.07, 6.45) is 4.30. The van der Waals surface area contributed by atoms with Crippen LogP contribution in [0.5, 0.6) is 5.75 Å². The molecule has 2 aromatic rings. The van der Waals surface area contributed by atoms with Crippen LogP contribution in [0, 0.1) is 0 Å². The zero-order valence-corrected chi connectivity index (χ0v) is 10.8. The second-order valence-electron chi connectivity index (χ2n) is 3.91. The molecule has 21 heavy (non-hydrogen) atoms. The number of carbonyl (C=O) groups is 2. The van der Waals surface area contributed by atoms with Crippen molar-refractivity contribution in [1.82, 2.24) is 9.97 Å². The van der Waals surface area contributed by atoms with E-state index < -0.39 is 18.6 Å². The maximum absolute atomic E-state index is 11.7. The van der Waals surface area contributed by atoms with Crippen molar-refractivity contribution in [2.75, 3.05) is 17.2 Å². The zero-order valence-electron chi connectivity index (χ0n) is 10.8. The minimum atomic E-state index is -1.05. The third kappa shape index (κ3) is 4.78. The number of anilines is 2. The number of carbonyl (C=O) groups excluding carboxylic acids is 1. The summed E-state index contributed by atoms with van der Waals surface area (Å²) < 4.78 is 4.98. The normalized spacial score (nSPS) is 9.71. The van der Waals surface area contributed by atoms with E-state index in [1.165, 1.54) is 18.7 Å². The number of amides is 2. The summed E-state index contributed by atoms with van der Waals surface area (Å²) in [7, 11) is 0. The number of nitrogens with one attached hydrogen (secondary N) is 2. The van der Waals surface area contributed by atoms with Crippen molar-refractivity contribution in [2.24, 2.45) is 0 Å². The van der Waals surface area contributed by atoms with Crippen molar-refractivity contribution >= 4 is 23.4 Å². The summed E-state index contributed by atoms with van der Waals surface area (Å²) in [6.45, 7) is -0.415. The van der Waals surface area contributed by atoms with Gasteiger partial charge in [0.25, 0.3) is 0 Å². The van der Waals surface area contributed by atoms with Gasteiger partial charge in [0.15, 0.2) is 6.61 Å². The fourth-order valence-corrected chi connectivity index (χ4v) is 1.44. The average Bonchev–Trinajstić information content (AvgIpc) is 2.47. The molecular formula is C13H12N4O4. The fraction of sp³-hybridized carbons (Fsp3) is 0.0769. The molecular weight excluding hydrogens is 276 g/mol. The van der Waals surface area contributed by atoms with Gasteiger partial charge in [-0.1, -0.05) is 0 Å². The lowest BCUT2D eigenvalue weighted by molar-refractivity contribution is -0.139. The van der Waals surface area contributed by atoms with Gasteiger partial charge in [0, 0.05) is 5.69 Å². The number of hydrogen-bond acceptors (Lipinski definition) is 5. The fourth-order valence-electron chi connectivity index (χ4n) is 1.44. The molecule has 0 aliphatic rings. The molecule has 2 rings (SSSR count). The van der Waals surface area contributed by atoms with Crippen molar-refractivity contribution in [1.29, 1.82) is 0 Å². The van der Waals surface area contributed by atoms with E-state index >= 15 is 0 Å². The van der Waals surface area contributed by atoms with Gasteiger partial charge in [0.1, 0.15) is 12.1 Å². The molecule has 0 fully saturated rings. The van der Waals surface area contributed by atoms with Crippen LogP contribution in [0.15, 0.2) is 43.0 Å². The molecule has 0 aliphatic carbocycles. The highest BCUT2D eigenvalue weighted by molar-refractivity contribution is 5.99. The van der Waals surface area contributed by atoms with Gasteiger partial charge in [-0.3, -0.25) is 0 Å². The van der Waals surface area contributed by atoms with Crippen LogP contribution in [0.2, 0.25) is 0 Å². The molecule has 8 heteroatoms. The Labute approximate surface area is 119 Å². The van der Waals surface area contributed by atoms with Crippen LogP contribution in [0.3, 0.4) is 0 Å². The molecule has 0 radical (unpaired) electrons. The second-order valence-corrected chi connectivity index (χ2v) is 3.91. The van der Waals surface area contributed by atoms with Crippen molar-refractivity contribution in [2.45, 2.75) is 0 Å². The first-order valence-electron chi connectivity index (χ1n) is 5.91. The maximum Gasteiger partial charge on any atom is 0.341 e. The Kier molecular flexibility index (Phi) is 4.65. The Morgan fingerprint density at radius 3 is 2.29 bits per heavy atom. The highest BCUT2D eigenvalue weighted by atomic mass is 16.5. The van der Waals surface area contributed by atoms with Crippen molar-refractivity contribution in [3.63, 3.8) is 0 Å². The number of urea groups is 1. The van der Waals surface area contributed by atoms with Gasteiger partial charge in [-0.2, -0.15) is 0 Å². The Balaban J connectivity index is 1.88. The summed E-state index contributed by atoms with van der Waals surface area (Å²) in [5, 5.41) is 13.7. The molecule has 1 aromatic heterocycles. The molecule has 1 aromatic carbocycles. The molecule has 0 atom stereocenters. The van der Waals surface area contributed by atoms with Gasteiger partial charge in [-0.25, -0.2) is 19.6 Å². The molecule has 0 aliphatic heterocycles. The molecule has 0 spiro atoms. The van der Waals surface area contributed by atoms with Crippen molar-refractivity contribution in [3.8, 4) is 5.75 Å². The summed E-state index contributed by atoms with van der Waals surface area (Å²) in [5.41, 5.74) is 1.00. The van der Waals surface area contributed by atoms with E-state index in [1.807, 2.05) is 0 Å². The number of carboxylic acid groups (broad SMARTS) is 1. The van der Waals surface area contributed by atoms with Crippen LogP contribution in [-0.4, -0.2) is 33.7 Å². The Bertz CT molecular complexity index is 616. The summed E-state index contributed by atoms with van der Waals surface area (Å²) in [6, 6.07) is 5.87. The van der Waals surface area contributed by atoms with Crippen LogP contribution < -0.4 is 15.4 Å². The SMILES string of the molecule is O=C(O)COc1ccc(NC(=O)Nc2cncnc2)cc1. The predicted molar refractivity (Wildman–Crippen MR) is 74.2 cm³/mol. The summed E-state index contributed by atoms with van der Waals surface area (Å²) in [4.78, 5) is 29.6. The van der Waals surface area contributed by atoms with Gasteiger partial charge < -0.3 is 20.5 Å². The molecule has 3 N–H and O–H groups in total. The number of aliphatic carboxylic acids is 1. The van der Waals surface area contributed by atoms with E-state index in [4.69, 9.17) is 9.84 Å². The Morgan fingerprint density at radius 1 is 1.05 bits per heavy atom.